The molecule has 2 aliphatic heterocycles. The predicted octanol–water partition coefficient (Wildman–Crippen LogP) is 9.83. The van der Waals surface area contributed by atoms with Gasteiger partial charge in [0.1, 0.15) is 69.8 Å². The zero-order valence-electron chi connectivity index (χ0n) is 41.8. The third-order valence-corrected chi connectivity index (χ3v) is 13.9. The predicted molar refractivity (Wildman–Crippen MR) is 267 cm³/mol. The molecule has 2 aromatic heterocycles. The third-order valence-electron chi connectivity index (χ3n) is 13.9. The van der Waals surface area contributed by atoms with Crippen molar-refractivity contribution in [3.63, 3.8) is 0 Å². The largest absolute Gasteiger partial charge is 0.492 e. The first-order valence-electron chi connectivity index (χ1n) is 24.6. The number of hydrogen-bond acceptors (Lipinski definition) is 16. The molecule has 388 valence electrons. The molecule has 2 aliphatic carbocycles. The number of hydrogen-bond donors (Lipinski definition) is 0. The molecule has 76 heavy (non-hydrogen) atoms. The molecule has 0 N–H and O–H groups in total. The van der Waals surface area contributed by atoms with E-state index in [1.165, 1.54) is 31.1 Å². The maximum absolute atomic E-state index is 15.0. The lowest BCUT2D eigenvalue weighted by molar-refractivity contribution is -0.142. The van der Waals surface area contributed by atoms with Crippen molar-refractivity contribution < 1.29 is 56.3 Å². The van der Waals surface area contributed by atoms with Gasteiger partial charge in [-0.25, -0.2) is 13.5 Å². The van der Waals surface area contributed by atoms with Gasteiger partial charge in [-0.1, -0.05) is 12.1 Å². The second kappa shape index (κ2) is 21.1. The van der Waals surface area contributed by atoms with Gasteiger partial charge in [0.25, 0.3) is 0 Å². The van der Waals surface area contributed by atoms with Crippen LogP contribution in [0.1, 0.15) is 83.1 Å². The van der Waals surface area contributed by atoms with E-state index >= 15 is 8.78 Å². The minimum atomic E-state index is -0.455. The molecule has 18 nitrogen and oxygen atoms in total. The molecule has 0 fully saturated rings. The summed E-state index contributed by atoms with van der Waals surface area (Å²) in [6, 6.07) is 32.0. The van der Waals surface area contributed by atoms with Crippen LogP contribution in [-0.4, -0.2) is 79.8 Å². The zero-order valence-corrected chi connectivity index (χ0v) is 41.8. The van der Waals surface area contributed by atoms with E-state index < -0.39 is 12.2 Å². The van der Waals surface area contributed by atoms with Crippen molar-refractivity contribution in [2.24, 2.45) is 14.1 Å². The van der Waals surface area contributed by atoms with Crippen LogP contribution in [0.5, 0.6) is 46.0 Å². The molecule has 4 atom stereocenters. The summed E-state index contributed by atoms with van der Waals surface area (Å²) >= 11 is 0. The number of aryl methyl sites for hydroxylation is 2. The summed E-state index contributed by atoms with van der Waals surface area (Å²) in [5.41, 5.74) is 6.17. The number of carbonyl (C=O) groups is 2. The molecule has 0 saturated carbocycles. The molecular formula is C56H50F2N8O10. The molecule has 12 rings (SSSR count). The minimum Gasteiger partial charge on any atom is -0.492 e. The summed E-state index contributed by atoms with van der Waals surface area (Å²) in [5.74, 6) is 4.82. The molecule has 4 heterocycles. The van der Waals surface area contributed by atoms with Gasteiger partial charge >= 0.3 is 11.9 Å². The molecule has 0 spiro atoms. The number of benzene rings is 6. The lowest BCUT2D eigenvalue weighted by Gasteiger charge is -2.17. The number of aromatic nitrogens is 8. The third kappa shape index (κ3) is 10.2. The number of nitrogens with zero attached hydrogens (tertiary/aromatic N) is 8. The first-order chi connectivity index (χ1) is 37.0. The monoisotopic (exact) mass is 1030 g/mol. The number of fused-ring (bicyclic) bond motifs is 4. The fraction of sp³-hybridized carbons (Fsp3) is 0.286. The van der Waals surface area contributed by atoms with E-state index in [1.54, 1.807) is 43.0 Å². The number of tetrazole rings is 2. The van der Waals surface area contributed by atoms with Crippen LogP contribution in [-0.2, 0) is 46.0 Å². The van der Waals surface area contributed by atoms with Crippen molar-refractivity contribution in [3.8, 4) is 68.8 Å². The molecule has 0 bridgehead atoms. The van der Waals surface area contributed by atoms with Crippen molar-refractivity contribution >= 4 is 11.9 Å². The quantitative estimate of drug-likeness (QED) is 0.0933. The van der Waals surface area contributed by atoms with Crippen molar-refractivity contribution in [1.29, 1.82) is 0 Å². The smallest absolute Gasteiger partial charge is 0.306 e. The van der Waals surface area contributed by atoms with E-state index in [1.807, 2.05) is 72.8 Å². The zero-order chi connectivity index (χ0) is 52.5. The van der Waals surface area contributed by atoms with Crippen molar-refractivity contribution in [3.05, 3.63) is 154 Å². The molecular weight excluding hydrogens is 983 g/mol. The van der Waals surface area contributed by atoms with E-state index in [0.29, 0.717) is 108 Å². The number of methoxy groups -OCH3 is 2. The Labute approximate surface area is 434 Å². The summed E-state index contributed by atoms with van der Waals surface area (Å²) in [7, 11) is 6.24. The molecule has 0 amide bonds. The second-order valence-electron chi connectivity index (χ2n) is 18.6. The molecule has 20 heteroatoms. The maximum atomic E-state index is 15.0. The number of halogens is 2. The van der Waals surface area contributed by atoms with Crippen LogP contribution in [0.15, 0.2) is 109 Å². The fourth-order valence-corrected chi connectivity index (χ4v) is 10.1. The number of rotatable bonds is 14. The average molecular weight is 1030 g/mol. The van der Waals surface area contributed by atoms with E-state index in [-0.39, 0.29) is 48.3 Å². The Bertz CT molecular complexity index is 3460. The van der Waals surface area contributed by atoms with Gasteiger partial charge in [0.2, 0.25) is 5.82 Å². The SMILES string of the molecule is COC(=O)C[C@@H]1COc2cc(O[C@@H]3CCc4c(Oc5ccc(-c6nnn(C)n6)cc5)ccc(F)c43)ccc21.COC(=O)C[C@@H]1COc2cc(O[C@@H]3CCc4c(Oc5ccc(-c6nnnn6C)cc5)ccc(F)c43)ccc21. The van der Waals surface area contributed by atoms with Crippen LogP contribution in [0.25, 0.3) is 22.8 Å². The van der Waals surface area contributed by atoms with Crippen molar-refractivity contribution in [2.45, 2.75) is 62.6 Å². The van der Waals surface area contributed by atoms with E-state index in [4.69, 9.17) is 37.9 Å². The van der Waals surface area contributed by atoms with E-state index in [9.17, 15) is 9.59 Å². The highest BCUT2D eigenvalue weighted by atomic mass is 19.1. The van der Waals surface area contributed by atoms with Crippen LogP contribution in [0, 0.1) is 11.6 Å². The Morgan fingerprint density at radius 3 is 1.54 bits per heavy atom. The first kappa shape index (κ1) is 49.3. The standard InChI is InChI=1S/2C28H25FN4O5/c1-33-28(30-31-32-33)16-3-5-18(6-4-16)37-23-12-10-22(29)27-21(23)9-11-24(27)38-19-7-8-20-17(13-26(34)35-2)15-36-25(20)14-19;1-33-31-28(30-32-33)16-3-5-18(6-4-16)37-23-12-10-22(29)27-21(23)9-11-24(27)38-19-7-8-20-17(13-26(34)35-2)15-36-25(20)14-19/h2*3-8,10,12,14,17,24H,9,11,13,15H2,1-2H3/t2*17-,24-/m11/s1. The average Bonchev–Trinajstić information content (AvgIpc) is 4.32. The van der Waals surface area contributed by atoms with Gasteiger partial charge in [-0.05, 0) is 126 Å². The Morgan fingerprint density at radius 1 is 0.605 bits per heavy atom. The minimum absolute atomic E-state index is 0.0537. The van der Waals surface area contributed by atoms with Crippen molar-refractivity contribution in [2.75, 3.05) is 27.4 Å². The highest BCUT2D eigenvalue weighted by Gasteiger charge is 2.34. The molecule has 6 aromatic carbocycles. The van der Waals surface area contributed by atoms with Gasteiger partial charge < -0.3 is 37.9 Å². The Balaban J connectivity index is 0.000000162. The summed E-state index contributed by atoms with van der Waals surface area (Å²) in [5, 5.41) is 23.6. The Hall–Kier alpha value is -8.94. The summed E-state index contributed by atoms with van der Waals surface area (Å²) in [6.45, 7) is 0.817. The topological polar surface area (TPSA) is 195 Å². The summed E-state index contributed by atoms with van der Waals surface area (Å²) in [6.07, 6.45) is 2.09. The van der Waals surface area contributed by atoms with Crippen LogP contribution in [0.3, 0.4) is 0 Å². The summed E-state index contributed by atoms with van der Waals surface area (Å²) in [4.78, 5) is 24.8. The maximum Gasteiger partial charge on any atom is 0.306 e. The first-order valence-corrected chi connectivity index (χ1v) is 24.6. The van der Waals surface area contributed by atoms with Gasteiger partial charge in [0, 0.05) is 75.5 Å². The van der Waals surface area contributed by atoms with Gasteiger partial charge in [-0.15, -0.1) is 15.3 Å². The van der Waals surface area contributed by atoms with Crippen LogP contribution in [0.4, 0.5) is 8.78 Å². The van der Waals surface area contributed by atoms with E-state index in [0.717, 1.165) is 33.4 Å². The Kier molecular flexibility index (Phi) is 13.7. The molecule has 0 radical (unpaired) electrons. The Morgan fingerprint density at radius 2 is 1.09 bits per heavy atom. The summed E-state index contributed by atoms with van der Waals surface area (Å²) < 4.78 is 77.5. The van der Waals surface area contributed by atoms with Gasteiger partial charge in [-0.2, -0.15) is 4.80 Å². The number of carbonyl (C=O) groups excluding carboxylic acids is 2. The number of esters is 2. The van der Waals surface area contributed by atoms with Gasteiger partial charge in [0.05, 0.1) is 47.3 Å². The van der Waals surface area contributed by atoms with E-state index in [2.05, 4.69) is 30.9 Å². The molecule has 4 aliphatic rings. The van der Waals surface area contributed by atoms with Crippen LogP contribution < -0.4 is 28.4 Å². The van der Waals surface area contributed by atoms with Crippen LogP contribution >= 0.6 is 0 Å². The van der Waals surface area contributed by atoms with Crippen LogP contribution in [0.2, 0.25) is 0 Å². The normalized spacial score (nSPS) is 17.4. The van der Waals surface area contributed by atoms with Gasteiger partial charge in [-0.3, -0.25) is 9.59 Å². The molecule has 8 aromatic rings. The fourth-order valence-electron chi connectivity index (χ4n) is 10.1. The van der Waals surface area contributed by atoms with Crippen molar-refractivity contribution in [1.82, 2.24) is 40.4 Å². The highest BCUT2D eigenvalue weighted by Crippen LogP contribution is 2.47. The molecule has 0 unspecified atom stereocenters. The molecule has 0 saturated heterocycles. The lowest BCUT2D eigenvalue weighted by Crippen LogP contribution is -2.09. The lowest BCUT2D eigenvalue weighted by atomic mass is 9.98. The highest BCUT2D eigenvalue weighted by molar-refractivity contribution is 5.72. The second-order valence-corrected chi connectivity index (χ2v) is 18.6. The van der Waals surface area contributed by atoms with Gasteiger partial charge in [0.15, 0.2) is 5.82 Å². The number of ether oxygens (including phenoxy) is 8.